The molecule has 2 aromatic carbocycles. The molecular weight excluding hydrogens is 308 g/mol. The van der Waals surface area contributed by atoms with Gasteiger partial charge < -0.3 is 5.32 Å². The third kappa shape index (κ3) is 3.21. The zero-order chi connectivity index (χ0) is 14.2. The van der Waals surface area contributed by atoms with Gasteiger partial charge in [-0.05, 0) is 29.8 Å². The number of rotatable bonds is 2. The van der Waals surface area contributed by atoms with Crippen LogP contribution in [0.5, 0.6) is 0 Å². The van der Waals surface area contributed by atoms with Gasteiger partial charge in [0, 0.05) is 25.7 Å². The largest absolute Gasteiger partial charge is 0.312 e. The number of hydrogen-bond donors (Lipinski definition) is 1. The number of halogens is 1. The Kier molecular flexibility index (Phi) is 4.88. The molecule has 0 saturated carbocycles. The van der Waals surface area contributed by atoms with Crippen molar-refractivity contribution in [3.63, 3.8) is 0 Å². The number of sulfonamides is 1. The highest BCUT2D eigenvalue weighted by molar-refractivity contribution is 7.89. The lowest BCUT2D eigenvalue weighted by Crippen LogP contribution is -2.51. The molecule has 3 rings (SSSR count). The number of nitrogens with one attached hydrogen (secondary N) is 1. The number of piperazine rings is 1. The van der Waals surface area contributed by atoms with Crippen molar-refractivity contribution in [3.8, 4) is 0 Å². The van der Waals surface area contributed by atoms with Crippen molar-refractivity contribution in [2.75, 3.05) is 19.6 Å². The van der Waals surface area contributed by atoms with Gasteiger partial charge in [-0.2, -0.15) is 4.31 Å². The first-order valence-corrected chi connectivity index (χ1v) is 8.24. The smallest absolute Gasteiger partial charge is 0.243 e. The lowest BCUT2D eigenvalue weighted by atomic mass is 10.1. The summed E-state index contributed by atoms with van der Waals surface area (Å²) in [5, 5.41) is 5.27. The van der Waals surface area contributed by atoms with E-state index in [9.17, 15) is 8.42 Å². The molecule has 1 fully saturated rings. The van der Waals surface area contributed by atoms with Gasteiger partial charge in [0.25, 0.3) is 0 Å². The fourth-order valence-electron chi connectivity index (χ4n) is 2.59. The second-order valence-electron chi connectivity index (χ2n) is 5.23. The lowest BCUT2D eigenvalue weighted by Gasteiger charge is -2.31. The van der Waals surface area contributed by atoms with Crippen LogP contribution in [-0.2, 0) is 10.0 Å². The van der Waals surface area contributed by atoms with Crippen LogP contribution < -0.4 is 5.32 Å². The standard InChI is InChI=1S/C15H18N2O2S.ClH/c1-12-11-17(9-8-16-12)20(18,19)15-7-6-13-4-2-3-5-14(13)10-15;/h2-7,10,12,16H,8-9,11H2,1H3;1H/t12-;/m0./s1. The van der Waals surface area contributed by atoms with Gasteiger partial charge in [-0.1, -0.05) is 30.3 Å². The summed E-state index contributed by atoms with van der Waals surface area (Å²) in [4.78, 5) is 0.380. The summed E-state index contributed by atoms with van der Waals surface area (Å²) in [7, 11) is -3.39. The molecule has 0 bridgehead atoms. The maximum Gasteiger partial charge on any atom is 0.243 e. The van der Waals surface area contributed by atoms with Crippen molar-refractivity contribution >= 4 is 33.2 Å². The highest BCUT2D eigenvalue weighted by atomic mass is 35.5. The molecule has 2 aromatic rings. The Hall–Kier alpha value is -1.14. The summed E-state index contributed by atoms with van der Waals surface area (Å²) >= 11 is 0. The van der Waals surface area contributed by atoms with E-state index in [-0.39, 0.29) is 18.4 Å². The van der Waals surface area contributed by atoms with Gasteiger partial charge in [0.15, 0.2) is 0 Å². The second kappa shape index (κ2) is 6.32. The molecule has 1 aliphatic rings. The molecule has 1 heterocycles. The topological polar surface area (TPSA) is 49.4 Å². The van der Waals surface area contributed by atoms with Gasteiger partial charge in [0.2, 0.25) is 10.0 Å². The van der Waals surface area contributed by atoms with Crippen LogP contribution in [0.15, 0.2) is 47.4 Å². The summed E-state index contributed by atoms with van der Waals surface area (Å²) in [6, 6.07) is 13.3. The van der Waals surface area contributed by atoms with E-state index in [1.165, 1.54) is 0 Å². The molecule has 1 N–H and O–H groups in total. The van der Waals surface area contributed by atoms with Crippen LogP contribution >= 0.6 is 12.4 Å². The van der Waals surface area contributed by atoms with Crippen molar-refractivity contribution in [1.29, 1.82) is 0 Å². The predicted molar refractivity (Wildman–Crippen MR) is 87.4 cm³/mol. The van der Waals surface area contributed by atoms with Crippen LogP contribution in [0.1, 0.15) is 6.92 Å². The minimum atomic E-state index is -3.39. The fourth-order valence-corrected chi connectivity index (χ4v) is 4.16. The fraction of sp³-hybridized carbons (Fsp3) is 0.333. The third-order valence-electron chi connectivity index (χ3n) is 3.69. The van der Waals surface area contributed by atoms with Crippen molar-refractivity contribution in [2.45, 2.75) is 17.9 Å². The quantitative estimate of drug-likeness (QED) is 0.921. The molecule has 1 aliphatic heterocycles. The second-order valence-corrected chi connectivity index (χ2v) is 7.17. The van der Waals surface area contributed by atoms with Gasteiger partial charge in [-0.25, -0.2) is 8.42 Å². The van der Waals surface area contributed by atoms with E-state index in [0.717, 1.165) is 10.8 Å². The highest BCUT2D eigenvalue weighted by Crippen LogP contribution is 2.22. The Morgan fingerprint density at radius 1 is 1.14 bits per heavy atom. The summed E-state index contributed by atoms with van der Waals surface area (Å²) in [5.74, 6) is 0. The summed E-state index contributed by atoms with van der Waals surface area (Å²) < 4.78 is 26.9. The zero-order valence-corrected chi connectivity index (χ0v) is 13.5. The van der Waals surface area contributed by atoms with Crippen LogP contribution in [0.4, 0.5) is 0 Å². The number of benzene rings is 2. The van der Waals surface area contributed by atoms with Gasteiger partial charge in [0.05, 0.1) is 4.90 Å². The van der Waals surface area contributed by atoms with Crippen molar-refractivity contribution < 1.29 is 8.42 Å². The number of fused-ring (bicyclic) bond motifs is 1. The average molecular weight is 327 g/mol. The molecule has 0 aromatic heterocycles. The molecule has 6 heteroatoms. The molecule has 0 amide bonds. The zero-order valence-electron chi connectivity index (χ0n) is 11.8. The van der Waals surface area contributed by atoms with Crippen LogP contribution in [-0.4, -0.2) is 38.4 Å². The van der Waals surface area contributed by atoms with E-state index in [0.29, 0.717) is 24.5 Å². The monoisotopic (exact) mass is 326 g/mol. The molecule has 0 radical (unpaired) electrons. The molecule has 0 spiro atoms. The average Bonchev–Trinajstić information content (AvgIpc) is 2.46. The lowest BCUT2D eigenvalue weighted by molar-refractivity contribution is 0.310. The molecule has 21 heavy (non-hydrogen) atoms. The minimum absolute atomic E-state index is 0. The normalized spacial score (nSPS) is 20.1. The Balaban J connectivity index is 0.00000161. The Morgan fingerprint density at radius 3 is 2.57 bits per heavy atom. The first kappa shape index (κ1) is 16.2. The van der Waals surface area contributed by atoms with E-state index in [1.54, 1.807) is 16.4 Å². The van der Waals surface area contributed by atoms with Crippen molar-refractivity contribution in [3.05, 3.63) is 42.5 Å². The van der Waals surface area contributed by atoms with Gasteiger partial charge in [-0.3, -0.25) is 0 Å². The van der Waals surface area contributed by atoms with Crippen LogP contribution in [0.25, 0.3) is 10.8 Å². The Labute approximate surface area is 131 Å². The molecule has 114 valence electrons. The first-order chi connectivity index (χ1) is 9.57. The highest BCUT2D eigenvalue weighted by Gasteiger charge is 2.28. The van der Waals surface area contributed by atoms with Crippen molar-refractivity contribution in [1.82, 2.24) is 9.62 Å². The summed E-state index contributed by atoms with van der Waals surface area (Å²) in [6.07, 6.45) is 0. The third-order valence-corrected chi connectivity index (χ3v) is 5.55. The number of nitrogens with zero attached hydrogens (tertiary/aromatic N) is 1. The van der Waals surface area contributed by atoms with E-state index >= 15 is 0 Å². The molecular formula is C15H19ClN2O2S. The molecule has 0 unspecified atom stereocenters. The molecule has 1 atom stereocenters. The van der Waals surface area contributed by atoms with E-state index in [2.05, 4.69) is 5.32 Å². The van der Waals surface area contributed by atoms with Crippen LogP contribution in [0, 0.1) is 0 Å². The molecule has 0 aliphatic carbocycles. The molecule has 1 saturated heterocycles. The van der Waals surface area contributed by atoms with E-state index < -0.39 is 10.0 Å². The van der Waals surface area contributed by atoms with Gasteiger partial charge in [0.1, 0.15) is 0 Å². The number of hydrogen-bond acceptors (Lipinski definition) is 3. The van der Waals surface area contributed by atoms with Gasteiger partial charge >= 0.3 is 0 Å². The Morgan fingerprint density at radius 2 is 1.86 bits per heavy atom. The minimum Gasteiger partial charge on any atom is -0.312 e. The SMILES string of the molecule is C[C@H]1CN(S(=O)(=O)c2ccc3ccccc3c2)CCN1.Cl. The van der Waals surface area contributed by atoms with Crippen LogP contribution in [0.2, 0.25) is 0 Å². The Bertz CT molecular complexity index is 733. The maximum absolute atomic E-state index is 12.7. The summed E-state index contributed by atoms with van der Waals surface area (Å²) in [6.45, 7) is 3.75. The first-order valence-electron chi connectivity index (χ1n) is 6.80. The maximum atomic E-state index is 12.7. The molecule has 4 nitrogen and oxygen atoms in total. The van der Waals surface area contributed by atoms with E-state index in [4.69, 9.17) is 0 Å². The van der Waals surface area contributed by atoms with Crippen LogP contribution in [0.3, 0.4) is 0 Å². The summed E-state index contributed by atoms with van der Waals surface area (Å²) in [5.41, 5.74) is 0. The van der Waals surface area contributed by atoms with Gasteiger partial charge in [-0.15, -0.1) is 12.4 Å². The van der Waals surface area contributed by atoms with Crippen molar-refractivity contribution in [2.24, 2.45) is 0 Å². The van der Waals surface area contributed by atoms with E-state index in [1.807, 2.05) is 37.3 Å². The predicted octanol–water partition coefficient (Wildman–Crippen LogP) is 2.24.